The lowest BCUT2D eigenvalue weighted by atomic mass is 10.1. The van der Waals surface area contributed by atoms with Crippen molar-refractivity contribution >= 4 is 17.9 Å². The van der Waals surface area contributed by atoms with Crippen LogP contribution in [-0.2, 0) is 9.59 Å². The maximum absolute atomic E-state index is 11.8. The van der Waals surface area contributed by atoms with Crippen molar-refractivity contribution in [3.63, 3.8) is 0 Å². The fourth-order valence-corrected chi connectivity index (χ4v) is 2.21. The van der Waals surface area contributed by atoms with Crippen LogP contribution in [0, 0.1) is 0 Å². The Morgan fingerprint density at radius 1 is 1.05 bits per heavy atom. The molecule has 0 bridgehead atoms. The lowest BCUT2D eigenvalue weighted by Gasteiger charge is -2.09. The van der Waals surface area contributed by atoms with Gasteiger partial charge in [0.05, 0.1) is 11.3 Å². The minimum atomic E-state index is -0.363. The first-order valence-corrected chi connectivity index (χ1v) is 7.82. The van der Waals surface area contributed by atoms with Crippen molar-refractivity contribution in [3.8, 4) is 11.5 Å². The van der Waals surface area contributed by atoms with Gasteiger partial charge in [-0.05, 0) is 12.5 Å². The van der Waals surface area contributed by atoms with E-state index in [2.05, 4.69) is 12.2 Å². The van der Waals surface area contributed by atoms with E-state index < -0.39 is 0 Å². The molecule has 121 valence electrons. The summed E-state index contributed by atoms with van der Waals surface area (Å²) < 4.78 is 0. The summed E-state index contributed by atoms with van der Waals surface area (Å²) in [4.78, 5) is 22.4. The van der Waals surface area contributed by atoms with E-state index in [0.29, 0.717) is 6.42 Å². The first-order chi connectivity index (χ1) is 10.6. The Labute approximate surface area is 131 Å². The van der Waals surface area contributed by atoms with Crippen LogP contribution in [0.4, 0.5) is 5.69 Å². The molecule has 0 atom stereocenters. The monoisotopic (exact) mass is 306 g/mol. The zero-order valence-electron chi connectivity index (χ0n) is 13.0. The van der Waals surface area contributed by atoms with E-state index in [4.69, 9.17) is 0 Å². The molecule has 0 saturated carbocycles. The molecule has 0 heterocycles. The number of hydrogen-bond donors (Lipinski definition) is 3. The number of carbonyl (C=O) groups is 1. The number of aromatic hydroxyl groups is 2. The first kappa shape index (κ1) is 18.0. The summed E-state index contributed by atoms with van der Waals surface area (Å²) in [6.07, 6.45) is 9.78. The van der Waals surface area contributed by atoms with Crippen molar-refractivity contribution in [1.29, 1.82) is 0 Å². The molecule has 0 fully saturated rings. The van der Waals surface area contributed by atoms with E-state index in [1.807, 2.05) is 0 Å². The van der Waals surface area contributed by atoms with E-state index in [-0.39, 0.29) is 28.7 Å². The third-order valence-electron chi connectivity index (χ3n) is 3.51. The van der Waals surface area contributed by atoms with Gasteiger partial charge in [-0.15, -0.1) is 0 Å². The standard InChI is InChI=1S/C17H24NO4/c1-2-3-4-5-6-7-8-9-17(22)18-14-10-13(12-19)15(20)11-16(14)21/h10-11,20-21H,2-9H2,1H3,(H,18,22). The third kappa shape index (κ3) is 6.16. The van der Waals surface area contributed by atoms with E-state index in [1.54, 1.807) is 6.29 Å². The van der Waals surface area contributed by atoms with Crippen molar-refractivity contribution in [1.82, 2.24) is 0 Å². The summed E-state index contributed by atoms with van der Waals surface area (Å²) >= 11 is 0. The second-order valence-corrected chi connectivity index (χ2v) is 5.41. The molecule has 1 rings (SSSR count). The molecule has 0 aliphatic carbocycles. The Morgan fingerprint density at radius 2 is 1.68 bits per heavy atom. The van der Waals surface area contributed by atoms with E-state index in [9.17, 15) is 19.8 Å². The summed E-state index contributed by atoms with van der Waals surface area (Å²) in [6, 6.07) is 2.23. The Kier molecular flexibility index (Phi) is 8.04. The number of anilines is 1. The Bertz CT molecular complexity index is 500. The lowest BCUT2D eigenvalue weighted by molar-refractivity contribution is -0.116. The summed E-state index contributed by atoms with van der Waals surface area (Å²) in [7, 11) is 0. The summed E-state index contributed by atoms with van der Waals surface area (Å²) in [5.41, 5.74) is 0.0214. The van der Waals surface area contributed by atoms with Gasteiger partial charge in [0.25, 0.3) is 0 Å². The molecule has 22 heavy (non-hydrogen) atoms. The maximum Gasteiger partial charge on any atom is 0.237 e. The SMILES string of the molecule is CCCCCCCCCC(=O)Nc1cc([C]=O)c(O)cc1O. The van der Waals surface area contributed by atoms with Crippen LogP contribution in [0.3, 0.4) is 0 Å². The van der Waals surface area contributed by atoms with Gasteiger partial charge in [0.15, 0.2) is 0 Å². The van der Waals surface area contributed by atoms with E-state index >= 15 is 0 Å². The van der Waals surface area contributed by atoms with Crippen molar-refractivity contribution < 1.29 is 19.8 Å². The minimum Gasteiger partial charge on any atom is -0.507 e. The van der Waals surface area contributed by atoms with Crippen molar-refractivity contribution in [2.75, 3.05) is 5.32 Å². The van der Waals surface area contributed by atoms with Gasteiger partial charge in [-0.2, -0.15) is 0 Å². The first-order valence-electron chi connectivity index (χ1n) is 7.82. The van der Waals surface area contributed by atoms with Crippen LogP contribution in [0.25, 0.3) is 0 Å². The number of amides is 1. The molecule has 0 aliphatic rings. The zero-order chi connectivity index (χ0) is 16.4. The van der Waals surface area contributed by atoms with Crippen LogP contribution in [0.1, 0.15) is 63.9 Å². The minimum absolute atomic E-state index is 0.0935. The lowest BCUT2D eigenvalue weighted by Crippen LogP contribution is -2.11. The topological polar surface area (TPSA) is 86.6 Å². The van der Waals surface area contributed by atoms with Gasteiger partial charge in [0.2, 0.25) is 12.2 Å². The second-order valence-electron chi connectivity index (χ2n) is 5.41. The van der Waals surface area contributed by atoms with Gasteiger partial charge in [-0.3, -0.25) is 9.59 Å². The molecule has 0 aliphatic heterocycles. The average molecular weight is 306 g/mol. The van der Waals surface area contributed by atoms with Gasteiger partial charge in [0, 0.05) is 12.5 Å². The predicted molar refractivity (Wildman–Crippen MR) is 85.8 cm³/mol. The van der Waals surface area contributed by atoms with E-state index in [0.717, 1.165) is 25.3 Å². The van der Waals surface area contributed by atoms with Gasteiger partial charge in [0.1, 0.15) is 11.5 Å². The van der Waals surface area contributed by atoms with Crippen molar-refractivity contribution in [2.45, 2.75) is 58.3 Å². The largest absolute Gasteiger partial charge is 0.507 e. The average Bonchev–Trinajstić information content (AvgIpc) is 2.49. The van der Waals surface area contributed by atoms with Crippen LogP contribution < -0.4 is 5.32 Å². The second kappa shape index (κ2) is 9.82. The molecule has 1 radical (unpaired) electrons. The summed E-state index contributed by atoms with van der Waals surface area (Å²) in [5, 5.41) is 21.6. The highest BCUT2D eigenvalue weighted by molar-refractivity contribution is 5.94. The summed E-state index contributed by atoms with van der Waals surface area (Å²) in [5.74, 6) is -0.853. The quantitative estimate of drug-likeness (QED) is 0.350. The highest BCUT2D eigenvalue weighted by Gasteiger charge is 2.11. The normalized spacial score (nSPS) is 10.4. The fourth-order valence-electron chi connectivity index (χ4n) is 2.21. The van der Waals surface area contributed by atoms with Crippen molar-refractivity contribution in [2.24, 2.45) is 0 Å². The maximum atomic E-state index is 11.8. The molecule has 0 spiro atoms. The zero-order valence-corrected chi connectivity index (χ0v) is 13.0. The Morgan fingerprint density at radius 3 is 2.32 bits per heavy atom. The van der Waals surface area contributed by atoms with Crippen LogP contribution in [0.5, 0.6) is 11.5 Å². The van der Waals surface area contributed by atoms with Crippen molar-refractivity contribution in [3.05, 3.63) is 17.7 Å². The molecule has 0 unspecified atom stereocenters. The molecule has 0 aromatic heterocycles. The number of hydrogen-bond acceptors (Lipinski definition) is 4. The third-order valence-corrected chi connectivity index (χ3v) is 3.51. The Balaban J connectivity index is 2.35. The molecule has 1 amide bonds. The highest BCUT2D eigenvalue weighted by atomic mass is 16.3. The smallest absolute Gasteiger partial charge is 0.237 e. The Hall–Kier alpha value is -2.04. The number of unbranched alkanes of at least 4 members (excludes halogenated alkanes) is 6. The highest BCUT2D eigenvalue weighted by Crippen LogP contribution is 2.30. The fraction of sp³-hybridized carbons (Fsp3) is 0.529. The molecule has 1 aromatic rings. The molecule has 3 N–H and O–H groups in total. The predicted octanol–water partition coefficient (Wildman–Crippen LogP) is 3.63. The molecular formula is C17H24NO4. The van der Waals surface area contributed by atoms with Crippen LogP contribution in [-0.4, -0.2) is 22.4 Å². The van der Waals surface area contributed by atoms with Crippen LogP contribution in [0.2, 0.25) is 0 Å². The van der Waals surface area contributed by atoms with Gasteiger partial charge >= 0.3 is 0 Å². The number of benzene rings is 1. The van der Waals surface area contributed by atoms with Gasteiger partial charge < -0.3 is 15.5 Å². The molecule has 5 heteroatoms. The van der Waals surface area contributed by atoms with Crippen LogP contribution >= 0.6 is 0 Å². The van der Waals surface area contributed by atoms with Gasteiger partial charge in [-0.1, -0.05) is 45.4 Å². The number of nitrogens with one attached hydrogen (secondary N) is 1. The number of rotatable bonds is 10. The van der Waals surface area contributed by atoms with Gasteiger partial charge in [-0.25, -0.2) is 0 Å². The number of phenols is 2. The molecule has 1 aromatic carbocycles. The number of carbonyl (C=O) groups excluding carboxylic acids is 2. The van der Waals surface area contributed by atoms with Crippen LogP contribution in [0.15, 0.2) is 12.1 Å². The molecular weight excluding hydrogens is 282 g/mol. The molecule has 0 saturated heterocycles. The number of phenolic OH excluding ortho intramolecular Hbond substituents is 2. The summed E-state index contributed by atoms with van der Waals surface area (Å²) in [6.45, 7) is 2.18. The molecule has 5 nitrogen and oxygen atoms in total. The van der Waals surface area contributed by atoms with E-state index in [1.165, 1.54) is 31.7 Å².